The van der Waals surface area contributed by atoms with E-state index < -0.39 is 0 Å². The first-order chi connectivity index (χ1) is 15.1. The Labute approximate surface area is 179 Å². The monoisotopic (exact) mass is 416 g/mol. The molecule has 1 amide bonds. The third kappa shape index (κ3) is 5.11. The second-order valence-corrected chi connectivity index (χ2v) is 7.07. The summed E-state index contributed by atoms with van der Waals surface area (Å²) in [7, 11) is 1.70. The highest BCUT2D eigenvalue weighted by molar-refractivity contribution is 5.91. The van der Waals surface area contributed by atoms with Crippen LogP contribution in [0.4, 0.5) is 4.39 Å². The first-order valence-electron chi connectivity index (χ1n) is 9.75. The largest absolute Gasteiger partial charge is 0.336 e. The Balaban J connectivity index is 1.35. The van der Waals surface area contributed by atoms with E-state index in [1.807, 2.05) is 48.7 Å². The molecule has 0 bridgehead atoms. The van der Waals surface area contributed by atoms with Gasteiger partial charge in [0, 0.05) is 25.4 Å². The molecule has 0 aliphatic carbocycles. The van der Waals surface area contributed by atoms with Gasteiger partial charge in [0.25, 0.3) is 5.91 Å². The predicted octanol–water partition coefficient (Wildman–Crippen LogP) is 3.59. The molecule has 2 aromatic heterocycles. The summed E-state index contributed by atoms with van der Waals surface area (Å²) in [4.78, 5) is 14.3. The van der Waals surface area contributed by atoms with Gasteiger partial charge in [-0.05, 0) is 29.8 Å². The topological polar surface area (TPSA) is 68.8 Å². The van der Waals surface area contributed by atoms with Crippen LogP contribution in [0, 0.1) is 5.82 Å². The van der Waals surface area contributed by atoms with Crippen LogP contribution in [0.3, 0.4) is 0 Å². The molecule has 0 aliphatic rings. The number of rotatable bonds is 7. The van der Waals surface area contributed by atoms with E-state index in [-0.39, 0.29) is 17.4 Å². The molecule has 0 atom stereocenters. The number of carbonyl (C=O) groups excluding carboxylic acids is 1. The number of amides is 1. The lowest BCUT2D eigenvalue weighted by molar-refractivity contribution is 0.0779. The molecule has 8 heteroatoms. The average Bonchev–Trinajstić information content (AvgIpc) is 3.44. The van der Waals surface area contributed by atoms with Crippen molar-refractivity contribution < 1.29 is 9.18 Å². The van der Waals surface area contributed by atoms with Gasteiger partial charge in [-0.2, -0.15) is 5.10 Å². The fourth-order valence-corrected chi connectivity index (χ4v) is 3.06. The molecule has 0 spiro atoms. The molecule has 0 unspecified atom stereocenters. The third-order valence-electron chi connectivity index (χ3n) is 4.65. The molecule has 4 aromatic rings. The van der Waals surface area contributed by atoms with Gasteiger partial charge in [0.1, 0.15) is 5.82 Å². The van der Waals surface area contributed by atoms with Crippen LogP contribution in [-0.2, 0) is 13.1 Å². The van der Waals surface area contributed by atoms with Gasteiger partial charge in [0.05, 0.1) is 24.6 Å². The van der Waals surface area contributed by atoms with Crippen LogP contribution in [0.15, 0.2) is 79.3 Å². The van der Waals surface area contributed by atoms with Crippen LogP contribution >= 0.6 is 0 Å². The van der Waals surface area contributed by atoms with Crippen LogP contribution in [0.2, 0.25) is 0 Å². The number of carbonyl (C=O) groups is 1. The van der Waals surface area contributed by atoms with E-state index in [4.69, 9.17) is 0 Å². The number of halogens is 1. The van der Waals surface area contributed by atoms with Crippen LogP contribution in [0.25, 0.3) is 11.8 Å². The van der Waals surface area contributed by atoms with Gasteiger partial charge < -0.3 is 4.90 Å². The molecule has 0 N–H and O–H groups in total. The lowest BCUT2D eigenvalue weighted by atomic mass is 10.2. The summed E-state index contributed by atoms with van der Waals surface area (Å²) in [6.45, 7) is 0.879. The molecular weight excluding hydrogens is 395 g/mol. The van der Waals surface area contributed by atoms with Crippen molar-refractivity contribution in [3.8, 4) is 5.69 Å². The van der Waals surface area contributed by atoms with Gasteiger partial charge in [-0.25, -0.2) is 13.8 Å². The maximum atomic E-state index is 13.1. The molecule has 2 aromatic carbocycles. The predicted molar refractivity (Wildman–Crippen MR) is 115 cm³/mol. The third-order valence-corrected chi connectivity index (χ3v) is 4.65. The number of allylic oxidation sites excluding steroid dienone is 1. The van der Waals surface area contributed by atoms with E-state index >= 15 is 0 Å². The Morgan fingerprint density at radius 3 is 2.65 bits per heavy atom. The molecule has 156 valence electrons. The molecule has 7 nitrogen and oxygen atoms in total. The second-order valence-electron chi connectivity index (χ2n) is 7.07. The summed E-state index contributed by atoms with van der Waals surface area (Å²) in [5.41, 5.74) is 2.97. The van der Waals surface area contributed by atoms with E-state index in [9.17, 15) is 9.18 Å². The molecular formula is C23H21FN6O. The smallest absolute Gasteiger partial charge is 0.276 e. The highest BCUT2D eigenvalue weighted by Crippen LogP contribution is 2.12. The summed E-state index contributed by atoms with van der Waals surface area (Å²) < 4.78 is 16.3. The number of benzene rings is 2. The molecule has 0 aliphatic heterocycles. The maximum Gasteiger partial charge on any atom is 0.276 e. The lowest BCUT2D eigenvalue weighted by Crippen LogP contribution is -2.26. The first kappa shape index (κ1) is 20.2. The average molecular weight is 416 g/mol. The molecule has 0 saturated heterocycles. The van der Waals surface area contributed by atoms with Crippen molar-refractivity contribution >= 4 is 12.0 Å². The minimum atomic E-state index is -0.301. The fraction of sp³-hybridized carbons (Fsp3) is 0.130. The minimum absolute atomic E-state index is 0.229. The molecule has 0 saturated carbocycles. The summed E-state index contributed by atoms with van der Waals surface area (Å²) in [6.07, 6.45) is 9.08. The Bertz CT molecular complexity index is 1180. The SMILES string of the molecule is CN(Cc1cnn(-c2ccc(F)cc2)c1)C(=O)c1cn(CC=Cc2ccccc2)nn1. The quantitative estimate of drug-likeness (QED) is 0.462. The van der Waals surface area contributed by atoms with E-state index in [2.05, 4.69) is 15.4 Å². The second kappa shape index (κ2) is 9.17. The zero-order chi connectivity index (χ0) is 21.6. The normalized spacial score (nSPS) is 11.2. The van der Waals surface area contributed by atoms with Crippen LogP contribution in [0.1, 0.15) is 21.6 Å². The summed E-state index contributed by atoms with van der Waals surface area (Å²) in [5, 5.41) is 12.3. The highest BCUT2D eigenvalue weighted by atomic mass is 19.1. The Kier molecular flexibility index (Phi) is 5.98. The van der Waals surface area contributed by atoms with Crippen LogP contribution in [-0.4, -0.2) is 42.6 Å². The van der Waals surface area contributed by atoms with E-state index in [1.54, 1.807) is 45.8 Å². The molecule has 0 radical (unpaired) electrons. The van der Waals surface area contributed by atoms with Crippen molar-refractivity contribution in [1.82, 2.24) is 29.7 Å². The molecule has 4 rings (SSSR count). The highest BCUT2D eigenvalue weighted by Gasteiger charge is 2.16. The van der Waals surface area contributed by atoms with Crippen LogP contribution < -0.4 is 0 Å². The number of nitrogens with zero attached hydrogens (tertiary/aromatic N) is 6. The lowest BCUT2D eigenvalue weighted by Gasteiger charge is -2.14. The zero-order valence-electron chi connectivity index (χ0n) is 17.0. The molecule has 31 heavy (non-hydrogen) atoms. The number of hydrogen-bond acceptors (Lipinski definition) is 4. The first-order valence-corrected chi connectivity index (χ1v) is 9.75. The minimum Gasteiger partial charge on any atom is -0.336 e. The Hall–Kier alpha value is -4.07. The van der Waals surface area contributed by atoms with E-state index in [1.165, 1.54) is 12.1 Å². The summed E-state index contributed by atoms with van der Waals surface area (Å²) in [5.74, 6) is -0.530. The summed E-state index contributed by atoms with van der Waals surface area (Å²) >= 11 is 0. The number of aromatic nitrogens is 5. The van der Waals surface area contributed by atoms with Crippen molar-refractivity contribution in [2.75, 3.05) is 7.05 Å². The van der Waals surface area contributed by atoms with Crippen molar-refractivity contribution in [2.45, 2.75) is 13.1 Å². The zero-order valence-corrected chi connectivity index (χ0v) is 17.0. The van der Waals surface area contributed by atoms with Gasteiger partial charge in [-0.1, -0.05) is 47.7 Å². The standard InChI is InChI=1S/C23H21FN6O/c1-28(15-19-14-25-30(16-19)21-11-9-20(24)10-12-21)23(31)22-17-29(27-26-22)13-5-8-18-6-3-2-4-7-18/h2-12,14,16-17H,13,15H2,1H3. The Morgan fingerprint density at radius 1 is 1.10 bits per heavy atom. The molecule has 0 fully saturated rings. The summed E-state index contributed by atoms with van der Waals surface area (Å²) in [6, 6.07) is 16.0. The van der Waals surface area contributed by atoms with Crippen molar-refractivity contribution in [1.29, 1.82) is 0 Å². The van der Waals surface area contributed by atoms with Gasteiger partial charge in [-0.3, -0.25) is 4.79 Å². The van der Waals surface area contributed by atoms with Gasteiger partial charge >= 0.3 is 0 Å². The van der Waals surface area contributed by atoms with Crippen molar-refractivity contribution in [2.24, 2.45) is 0 Å². The van der Waals surface area contributed by atoms with Gasteiger partial charge in [0.2, 0.25) is 0 Å². The van der Waals surface area contributed by atoms with Crippen LogP contribution in [0.5, 0.6) is 0 Å². The van der Waals surface area contributed by atoms with Gasteiger partial charge in [0.15, 0.2) is 5.69 Å². The number of hydrogen-bond donors (Lipinski definition) is 0. The fourth-order valence-electron chi connectivity index (χ4n) is 3.06. The van der Waals surface area contributed by atoms with E-state index in [0.29, 0.717) is 13.1 Å². The maximum absolute atomic E-state index is 13.1. The van der Waals surface area contributed by atoms with Crippen molar-refractivity contribution in [3.05, 3.63) is 102 Å². The Morgan fingerprint density at radius 2 is 1.87 bits per heavy atom. The van der Waals surface area contributed by atoms with E-state index in [0.717, 1.165) is 16.8 Å². The van der Waals surface area contributed by atoms with Crippen molar-refractivity contribution in [3.63, 3.8) is 0 Å². The molecule has 2 heterocycles. The van der Waals surface area contributed by atoms with Gasteiger partial charge in [-0.15, -0.1) is 5.10 Å².